The Bertz CT molecular complexity index is 1200. The van der Waals surface area contributed by atoms with Crippen molar-refractivity contribution in [3.05, 3.63) is 0 Å². The fourth-order valence-corrected chi connectivity index (χ4v) is 4.76. The van der Waals surface area contributed by atoms with Crippen LogP contribution in [0.2, 0.25) is 0 Å². The van der Waals surface area contributed by atoms with E-state index >= 15 is 0 Å². The lowest BCUT2D eigenvalue weighted by Gasteiger charge is -2.46. The van der Waals surface area contributed by atoms with E-state index in [0.29, 0.717) is 0 Å². The van der Waals surface area contributed by atoms with Gasteiger partial charge in [0.05, 0.1) is 6.61 Å². The molecule has 0 aromatic carbocycles. The zero-order valence-electron chi connectivity index (χ0n) is 26.9. The second-order valence-electron chi connectivity index (χ2n) is 10.3. The van der Waals surface area contributed by atoms with Crippen molar-refractivity contribution >= 4 is 47.8 Å². The third-order valence-electron chi connectivity index (χ3n) is 6.15. The summed E-state index contributed by atoms with van der Waals surface area (Å²) in [5.74, 6) is -6.93. The predicted octanol–water partition coefficient (Wildman–Crippen LogP) is -0.831. The van der Waals surface area contributed by atoms with Crippen LogP contribution in [0.5, 0.6) is 0 Å². The Morgan fingerprint density at radius 1 is 0.383 bits per heavy atom. The van der Waals surface area contributed by atoms with E-state index in [0.717, 1.165) is 55.4 Å². The summed E-state index contributed by atoms with van der Waals surface area (Å²) in [6, 6.07) is 0. The molecule has 2 heterocycles. The topological polar surface area (TPSA) is 238 Å². The molecule has 0 N–H and O–H groups in total. The molecule has 2 aliphatic rings. The van der Waals surface area contributed by atoms with Crippen molar-refractivity contribution in [2.45, 2.75) is 117 Å². The molecule has 264 valence electrons. The molecule has 47 heavy (non-hydrogen) atoms. The zero-order chi connectivity index (χ0) is 35.6. The van der Waals surface area contributed by atoms with Crippen LogP contribution in [0.25, 0.3) is 0 Å². The van der Waals surface area contributed by atoms with Gasteiger partial charge in [-0.1, -0.05) is 0 Å². The first kappa shape index (κ1) is 38.8. The third-order valence-corrected chi connectivity index (χ3v) is 6.15. The van der Waals surface area contributed by atoms with E-state index in [1.807, 2.05) is 0 Å². The second kappa shape index (κ2) is 17.5. The predicted molar refractivity (Wildman–Crippen MR) is 145 cm³/mol. The average Bonchev–Trinajstić information content (AvgIpc) is 2.91. The molecule has 0 saturated carbocycles. The number of rotatable bonds is 12. The maximum Gasteiger partial charge on any atom is 0.305 e. The van der Waals surface area contributed by atoms with Crippen LogP contribution in [0.4, 0.5) is 0 Å². The highest BCUT2D eigenvalue weighted by Crippen LogP contribution is 2.33. The number of hydrogen-bond acceptors (Lipinski definition) is 19. The van der Waals surface area contributed by atoms with Gasteiger partial charge in [0, 0.05) is 55.4 Å². The van der Waals surface area contributed by atoms with E-state index in [2.05, 4.69) is 0 Å². The maximum atomic E-state index is 12.1. The number of carbonyl (C=O) groups is 8. The molecule has 2 rings (SSSR count). The highest BCUT2D eigenvalue weighted by atomic mass is 16.8. The van der Waals surface area contributed by atoms with Crippen molar-refractivity contribution in [1.29, 1.82) is 0 Å². The van der Waals surface area contributed by atoms with Crippen LogP contribution in [0.1, 0.15) is 55.4 Å². The SMILES string of the molecule is CC(=O)OC[C@H]1O[C@@H](OC[C@@H]2O[C@@H](OC(C)=O)[C@H](OC(C)=O)[C@@H](OC(C)=O)[C@@H]2OC(C)=O)[C@H](OC(C)=O)[C@@H](OC(C)=O)[C@@H]1OC(C)=O. The van der Waals surface area contributed by atoms with Crippen LogP contribution in [0.3, 0.4) is 0 Å². The standard InChI is InChI=1S/C28H38O19/c1-11(29)37-9-19-21(39-12(2)30)23(41-14(4)32)25(43-16(6)34)27(46-19)38-10-20-22(40-13(3)31)24(42-15(5)33)26(44-17(7)35)28(47-20)45-18(8)36/h19-28H,9-10H2,1-8H3/t19-,20+,21-,22-,23+,24+,25-,26-,27-,28-/m1/s1. The van der Waals surface area contributed by atoms with Crippen molar-refractivity contribution in [3.8, 4) is 0 Å². The summed E-state index contributed by atoms with van der Waals surface area (Å²) >= 11 is 0. The van der Waals surface area contributed by atoms with Crippen LogP contribution >= 0.6 is 0 Å². The molecule has 10 atom stereocenters. The van der Waals surface area contributed by atoms with Gasteiger partial charge in [0.2, 0.25) is 12.4 Å². The van der Waals surface area contributed by atoms with Crippen molar-refractivity contribution in [2.75, 3.05) is 13.2 Å². The maximum absolute atomic E-state index is 12.1. The fraction of sp³-hybridized carbons (Fsp3) is 0.714. The van der Waals surface area contributed by atoms with Gasteiger partial charge in [-0.05, 0) is 0 Å². The summed E-state index contributed by atoms with van der Waals surface area (Å²) in [7, 11) is 0. The van der Waals surface area contributed by atoms with Crippen LogP contribution in [-0.2, 0) is 90.5 Å². The van der Waals surface area contributed by atoms with Gasteiger partial charge in [-0.2, -0.15) is 0 Å². The Hall–Kier alpha value is -4.36. The quantitative estimate of drug-likeness (QED) is 0.181. The van der Waals surface area contributed by atoms with Gasteiger partial charge >= 0.3 is 47.8 Å². The molecule has 0 unspecified atom stereocenters. The van der Waals surface area contributed by atoms with Crippen LogP contribution in [-0.4, -0.2) is 122 Å². The zero-order valence-corrected chi connectivity index (χ0v) is 26.9. The molecule has 0 radical (unpaired) electrons. The minimum atomic E-state index is -1.71. The van der Waals surface area contributed by atoms with Crippen molar-refractivity contribution < 1.29 is 90.5 Å². The molecule has 0 spiro atoms. The number of ether oxygens (including phenoxy) is 11. The first-order valence-electron chi connectivity index (χ1n) is 14.2. The summed E-state index contributed by atoms with van der Waals surface area (Å²) < 4.78 is 59.8. The van der Waals surface area contributed by atoms with Crippen LogP contribution < -0.4 is 0 Å². The Balaban J connectivity index is 2.56. The van der Waals surface area contributed by atoms with E-state index < -0.39 is 122 Å². The molecule has 19 nitrogen and oxygen atoms in total. The van der Waals surface area contributed by atoms with Gasteiger partial charge in [-0.15, -0.1) is 0 Å². The summed E-state index contributed by atoms with van der Waals surface area (Å²) in [5.41, 5.74) is 0. The Kier molecular flexibility index (Phi) is 14.5. The summed E-state index contributed by atoms with van der Waals surface area (Å²) in [6.07, 6.45) is -15.6. The molecular formula is C28H38O19. The number of esters is 8. The van der Waals surface area contributed by atoms with E-state index in [1.54, 1.807) is 0 Å². The largest absolute Gasteiger partial charge is 0.463 e. The Labute approximate surface area is 268 Å². The van der Waals surface area contributed by atoms with Crippen LogP contribution in [0.15, 0.2) is 0 Å². The first-order valence-corrected chi connectivity index (χ1v) is 14.2. The van der Waals surface area contributed by atoms with E-state index in [1.165, 1.54) is 0 Å². The first-order chi connectivity index (χ1) is 21.9. The molecule has 2 saturated heterocycles. The molecule has 0 bridgehead atoms. The van der Waals surface area contributed by atoms with Gasteiger partial charge in [0.25, 0.3) is 0 Å². The van der Waals surface area contributed by atoms with E-state index in [-0.39, 0.29) is 0 Å². The highest BCUT2D eigenvalue weighted by Gasteiger charge is 2.56. The third kappa shape index (κ3) is 12.1. The smallest absolute Gasteiger partial charge is 0.305 e. The minimum Gasteiger partial charge on any atom is -0.463 e. The fourth-order valence-electron chi connectivity index (χ4n) is 4.76. The van der Waals surface area contributed by atoms with Gasteiger partial charge < -0.3 is 52.1 Å². The molecular weight excluding hydrogens is 640 g/mol. The number of carbonyl (C=O) groups excluding carboxylic acids is 8. The lowest BCUT2D eigenvalue weighted by Crippen LogP contribution is -2.65. The van der Waals surface area contributed by atoms with Crippen molar-refractivity contribution in [3.63, 3.8) is 0 Å². The van der Waals surface area contributed by atoms with Gasteiger partial charge in [-0.3, -0.25) is 38.4 Å². The summed E-state index contributed by atoms with van der Waals surface area (Å²) in [4.78, 5) is 95.9. The summed E-state index contributed by atoms with van der Waals surface area (Å²) in [5, 5.41) is 0. The monoisotopic (exact) mass is 678 g/mol. The van der Waals surface area contributed by atoms with Gasteiger partial charge in [0.15, 0.2) is 36.8 Å². The van der Waals surface area contributed by atoms with Gasteiger partial charge in [-0.25, -0.2) is 0 Å². The lowest BCUT2D eigenvalue weighted by molar-refractivity contribution is -0.331. The number of hydrogen-bond donors (Lipinski definition) is 0. The van der Waals surface area contributed by atoms with E-state index in [4.69, 9.17) is 52.1 Å². The molecule has 2 aliphatic heterocycles. The molecule has 0 amide bonds. The Morgan fingerprint density at radius 3 is 1.09 bits per heavy atom. The normalized spacial score (nSPS) is 30.0. The van der Waals surface area contributed by atoms with Crippen LogP contribution in [0, 0.1) is 0 Å². The Morgan fingerprint density at radius 2 is 0.702 bits per heavy atom. The molecule has 2 fully saturated rings. The molecule has 0 aromatic heterocycles. The van der Waals surface area contributed by atoms with E-state index in [9.17, 15) is 38.4 Å². The van der Waals surface area contributed by atoms with Gasteiger partial charge in [0.1, 0.15) is 18.8 Å². The lowest BCUT2D eigenvalue weighted by atomic mass is 9.97. The van der Waals surface area contributed by atoms with Crippen molar-refractivity contribution in [1.82, 2.24) is 0 Å². The average molecular weight is 679 g/mol. The molecule has 0 aliphatic carbocycles. The molecule has 0 aromatic rings. The summed E-state index contributed by atoms with van der Waals surface area (Å²) in [6.45, 7) is 7.09. The second-order valence-corrected chi connectivity index (χ2v) is 10.3. The molecule has 19 heteroatoms. The highest BCUT2D eigenvalue weighted by molar-refractivity contribution is 5.70. The minimum absolute atomic E-state index is 0.541. The van der Waals surface area contributed by atoms with Crippen molar-refractivity contribution in [2.24, 2.45) is 0 Å².